The van der Waals surface area contributed by atoms with Crippen LogP contribution in [0, 0.1) is 0 Å². The number of carboxylic acid groups (broad SMARTS) is 1. The van der Waals surface area contributed by atoms with Crippen LogP contribution < -0.4 is 14.2 Å². The quantitative estimate of drug-likeness (QED) is 0.717. The zero-order chi connectivity index (χ0) is 15.3. The minimum Gasteiger partial charge on any atom is -0.495 e. The van der Waals surface area contributed by atoms with Crippen LogP contribution in [-0.2, 0) is 14.9 Å². The highest BCUT2D eigenvalue weighted by Gasteiger charge is 2.18. The maximum Gasteiger partial charge on any atom is 0.422 e. The van der Waals surface area contributed by atoms with E-state index in [1.165, 1.54) is 19.2 Å². The number of hydrogen-bond acceptors (Lipinski definition) is 6. The molecule has 1 aromatic rings. The molecule has 0 aliphatic heterocycles. The molecule has 0 aliphatic rings. The van der Waals surface area contributed by atoms with Crippen LogP contribution in [0.3, 0.4) is 0 Å². The van der Waals surface area contributed by atoms with E-state index in [0.717, 1.165) is 13.2 Å². The van der Waals surface area contributed by atoms with Gasteiger partial charge in [0.15, 0.2) is 0 Å². The topological polar surface area (TPSA) is 131 Å². The first kappa shape index (κ1) is 15.6. The van der Waals surface area contributed by atoms with Crippen molar-refractivity contribution >= 4 is 28.0 Å². The zero-order valence-corrected chi connectivity index (χ0v) is 11.4. The summed E-state index contributed by atoms with van der Waals surface area (Å²) in [6.45, 7) is 0. The van der Waals surface area contributed by atoms with Crippen molar-refractivity contribution < 1.29 is 32.6 Å². The Balaban J connectivity index is 3.09. The standard InChI is InChI=1S/C10H12N2O7S/c1-18-8-4-3-6(9(13)14)5-7(8)11-20(16,17)12-10(15)19-2/h3-5,11H,1-2H3,(H,12,15)(H,13,14). The lowest BCUT2D eigenvalue weighted by molar-refractivity contribution is 0.0697. The maximum atomic E-state index is 11.6. The van der Waals surface area contributed by atoms with Crippen molar-refractivity contribution in [2.75, 3.05) is 18.9 Å². The first-order valence-corrected chi connectivity index (χ1v) is 6.57. The molecule has 0 fully saturated rings. The summed E-state index contributed by atoms with van der Waals surface area (Å²) in [6, 6.07) is 3.57. The Morgan fingerprint density at radius 3 is 2.40 bits per heavy atom. The van der Waals surface area contributed by atoms with Gasteiger partial charge in [-0.05, 0) is 18.2 Å². The zero-order valence-electron chi connectivity index (χ0n) is 10.5. The predicted octanol–water partition coefficient (Wildman–Crippen LogP) is 0.406. The maximum absolute atomic E-state index is 11.6. The van der Waals surface area contributed by atoms with Crippen molar-refractivity contribution in [1.29, 1.82) is 0 Å². The number of rotatable bonds is 5. The SMILES string of the molecule is COC(=O)NS(=O)(=O)Nc1cc(C(=O)O)ccc1OC. The van der Waals surface area contributed by atoms with Gasteiger partial charge in [-0.3, -0.25) is 4.72 Å². The van der Waals surface area contributed by atoms with Crippen LogP contribution in [0.15, 0.2) is 18.2 Å². The molecule has 0 heterocycles. The van der Waals surface area contributed by atoms with Crippen molar-refractivity contribution in [3.05, 3.63) is 23.8 Å². The van der Waals surface area contributed by atoms with Gasteiger partial charge in [0.2, 0.25) is 0 Å². The van der Waals surface area contributed by atoms with Crippen molar-refractivity contribution in [2.24, 2.45) is 0 Å². The van der Waals surface area contributed by atoms with Crippen molar-refractivity contribution in [1.82, 2.24) is 4.72 Å². The molecule has 0 saturated carbocycles. The van der Waals surface area contributed by atoms with Crippen LogP contribution >= 0.6 is 0 Å². The van der Waals surface area contributed by atoms with Crippen molar-refractivity contribution in [2.45, 2.75) is 0 Å². The first-order valence-electron chi connectivity index (χ1n) is 5.09. The molecule has 1 amide bonds. The average Bonchev–Trinajstić information content (AvgIpc) is 2.37. The van der Waals surface area contributed by atoms with Gasteiger partial charge in [0.1, 0.15) is 5.75 Å². The van der Waals surface area contributed by atoms with Gasteiger partial charge in [0.25, 0.3) is 0 Å². The van der Waals surface area contributed by atoms with E-state index in [1.54, 1.807) is 4.72 Å². The summed E-state index contributed by atoms with van der Waals surface area (Å²) in [5.41, 5.74) is -0.287. The number of hydrogen-bond donors (Lipinski definition) is 3. The van der Waals surface area contributed by atoms with E-state index in [1.807, 2.05) is 4.72 Å². The van der Waals surface area contributed by atoms with E-state index in [9.17, 15) is 18.0 Å². The van der Waals surface area contributed by atoms with Gasteiger partial charge in [-0.1, -0.05) is 0 Å². The fourth-order valence-electron chi connectivity index (χ4n) is 1.24. The number of nitrogens with one attached hydrogen (secondary N) is 2. The summed E-state index contributed by atoms with van der Waals surface area (Å²) < 4.78 is 35.7. The largest absolute Gasteiger partial charge is 0.495 e. The molecule has 20 heavy (non-hydrogen) atoms. The second kappa shape index (κ2) is 6.10. The smallest absolute Gasteiger partial charge is 0.422 e. The highest BCUT2D eigenvalue weighted by Crippen LogP contribution is 2.26. The Morgan fingerprint density at radius 1 is 1.25 bits per heavy atom. The summed E-state index contributed by atoms with van der Waals surface area (Å²) in [5.74, 6) is -1.15. The number of anilines is 1. The Bertz CT molecular complexity index is 626. The third kappa shape index (κ3) is 4.02. The summed E-state index contributed by atoms with van der Waals surface area (Å²) in [5, 5.41) is 8.85. The van der Waals surface area contributed by atoms with E-state index >= 15 is 0 Å². The number of methoxy groups -OCH3 is 2. The minimum absolute atomic E-state index is 0.0882. The van der Waals surface area contributed by atoms with Crippen LogP contribution in [0.2, 0.25) is 0 Å². The number of benzene rings is 1. The molecule has 10 heteroatoms. The number of amides is 1. The van der Waals surface area contributed by atoms with Crippen LogP contribution in [0.4, 0.5) is 10.5 Å². The number of carbonyl (C=O) groups excluding carboxylic acids is 1. The fraction of sp³-hybridized carbons (Fsp3) is 0.200. The summed E-state index contributed by atoms with van der Waals surface area (Å²) >= 11 is 0. The van der Waals surface area contributed by atoms with E-state index in [-0.39, 0.29) is 17.0 Å². The lowest BCUT2D eigenvalue weighted by Crippen LogP contribution is -2.35. The van der Waals surface area contributed by atoms with Gasteiger partial charge in [-0.15, -0.1) is 0 Å². The number of carboxylic acids is 1. The van der Waals surface area contributed by atoms with E-state index in [2.05, 4.69) is 4.74 Å². The monoisotopic (exact) mass is 304 g/mol. The third-order valence-electron chi connectivity index (χ3n) is 2.09. The molecule has 0 unspecified atom stereocenters. The molecule has 0 atom stereocenters. The molecule has 0 saturated heterocycles. The van der Waals surface area contributed by atoms with Crippen molar-refractivity contribution in [3.8, 4) is 5.75 Å². The predicted molar refractivity (Wildman–Crippen MR) is 68.0 cm³/mol. The highest BCUT2D eigenvalue weighted by molar-refractivity contribution is 7.91. The second-order valence-electron chi connectivity index (χ2n) is 3.42. The van der Waals surface area contributed by atoms with E-state index in [4.69, 9.17) is 9.84 Å². The van der Waals surface area contributed by atoms with Crippen LogP contribution in [-0.4, -0.2) is 39.8 Å². The minimum atomic E-state index is -4.27. The Hall–Kier alpha value is -2.49. The lowest BCUT2D eigenvalue weighted by Gasteiger charge is -2.12. The van der Waals surface area contributed by atoms with Gasteiger partial charge in [-0.25, -0.2) is 14.3 Å². The molecule has 0 aromatic heterocycles. The normalized spacial score (nSPS) is 10.5. The van der Waals surface area contributed by atoms with Gasteiger partial charge in [0.05, 0.1) is 25.5 Å². The van der Waals surface area contributed by atoms with E-state index in [0.29, 0.717) is 0 Å². The van der Waals surface area contributed by atoms with Crippen LogP contribution in [0.1, 0.15) is 10.4 Å². The Morgan fingerprint density at radius 2 is 1.90 bits per heavy atom. The molecular weight excluding hydrogens is 292 g/mol. The lowest BCUT2D eigenvalue weighted by atomic mass is 10.2. The van der Waals surface area contributed by atoms with Crippen molar-refractivity contribution in [3.63, 3.8) is 0 Å². The molecule has 1 aromatic carbocycles. The molecular formula is C10H12N2O7S. The van der Waals surface area contributed by atoms with Crippen LogP contribution in [0.5, 0.6) is 5.75 Å². The van der Waals surface area contributed by atoms with Gasteiger partial charge in [0, 0.05) is 0 Å². The average molecular weight is 304 g/mol. The third-order valence-corrected chi connectivity index (χ3v) is 3.02. The van der Waals surface area contributed by atoms with E-state index < -0.39 is 22.3 Å². The number of ether oxygens (including phenoxy) is 2. The van der Waals surface area contributed by atoms with Gasteiger partial charge < -0.3 is 14.6 Å². The first-order chi connectivity index (χ1) is 9.29. The summed E-state index contributed by atoms with van der Waals surface area (Å²) in [7, 11) is -1.99. The molecule has 110 valence electrons. The molecule has 0 radical (unpaired) electrons. The molecule has 0 bridgehead atoms. The molecule has 9 nitrogen and oxygen atoms in total. The number of carbonyl (C=O) groups is 2. The number of aromatic carboxylic acids is 1. The molecule has 0 spiro atoms. The highest BCUT2D eigenvalue weighted by atomic mass is 32.2. The van der Waals surface area contributed by atoms with Gasteiger partial charge >= 0.3 is 22.3 Å². The summed E-state index contributed by atoms with van der Waals surface area (Å²) in [4.78, 5) is 21.7. The molecule has 0 aliphatic carbocycles. The molecule has 1 rings (SSSR count). The fourth-order valence-corrected chi connectivity index (χ4v) is 2.05. The van der Waals surface area contributed by atoms with Gasteiger partial charge in [-0.2, -0.15) is 8.42 Å². The Kier molecular flexibility index (Phi) is 4.75. The molecule has 3 N–H and O–H groups in total. The second-order valence-corrected chi connectivity index (χ2v) is 4.83. The Labute approximate surface area is 114 Å². The van der Waals surface area contributed by atoms with Crippen LogP contribution in [0.25, 0.3) is 0 Å². The summed E-state index contributed by atoms with van der Waals surface area (Å²) in [6.07, 6.45) is -1.19.